The summed E-state index contributed by atoms with van der Waals surface area (Å²) in [6.45, 7) is 2.04. The van der Waals surface area contributed by atoms with Gasteiger partial charge in [0.25, 0.3) is 0 Å². The first-order chi connectivity index (χ1) is 9.17. The van der Waals surface area contributed by atoms with Crippen molar-refractivity contribution < 1.29 is 0 Å². The lowest BCUT2D eigenvalue weighted by Gasteiger charge is -1.95. The van der Waals surface area contributed by atoms with Crippen LogP contribution in [0.1, 0.15) is 11.1 Å². The van der Waals surface area contributed by atoms with Crippen LogP contribution < -0.4 is 0 Å². The smallest absolute Gasteiger partial charge is 0.138 e. The first-order valence-electron chi connectivity index (χ1n) is 5.84. The van der Waals surface area contributed by atoms with Crippen molar-refractivity contribution in [2.45, 2.75) is 6.92 Å². The molecule has 0 radical (unpaired) electrons. The molecule has 3 rings (SSSR count). The Morgan fingerprint density at radius 3 is 2.63 bits per heavy atom. The predicted molar refractivity (Wildman–Crippen MR) is 78.7 cm³/mol. The van der Waals surface area contributed by atoms with Gasteiger partial charge in [-0.15, -0.1) is 0 Å². The summed E-state index contributed by atoms with van der Waals surface area (Å²) in [6, 6.07) is 13.6. The number of imidazole rings is 1. The van der Waals surface area contributed by atoms with Crippen LogP contribution in [-0.4, -0.2) is 9.97 Å². The number of hydrogen-bond donors (Lipinski definition) is 1. The molecular formula is C15H10BrN3. The van der Waals surface area contributed by atoms with E-state index in [0.29, 0.717) is 5.56 Å². The topological polar surface area (TPSA) is 52.5 Å². The van der Waals surface area contributed by atoms with E-state index < -0.39 is 0 Å². The SMILES string of the molecule is Cc1cc(Br)cc2[nH]c(-c3ccc(C#N)cc3)nc12. The van der Waals surface area contributed by atoms with Gasteiger partial charge in [-0.3, -0.25) is 0 Å². The van der Waals surface area contributed by atoms with Crippen molar-refractivity contribution in [2.24, 2.45) is 0 Å². The number of fused-ring (bicyclic) bond motifs is 1. The maximum Gasteiger partial charge on any atom is 0.138 e. The minimum atomic E-state index is 0.652. The zero-order valence-corrected chi connectivity index (χ0v) is 11.8. The Morgan fingerprint density at radius 2 is 1.95 bits per heavy atom. The van der Waals surface area contributed by atoms with Gasteiger partial charge in [-0.25, -0.2) is 4.98 Å². The van der Waals surface area contributed by atoms with E-state index in [0.717, 1.165) is 32.5 Å². The third-order valence-corrected chi connectivity index (χ3v) is 3.49. The number of nitrogens with zero attached hydrogens (tertiary/aromatic N) is 2. The molecule has 0 fully saturated rings. The minimum Gasteiger partial charge on any atom is -0.338 e. The van der Waals surface area contributed by atoms with Crippen LogP contribution in [0.15, 0.2) is 40.9 Å². The van der Waals surface area contributed by atoms with Gasteiger partial charge in [0, 0.05) is 10.0 Å². The van der Waals surface area contributed by atoms with Gasteiger partial charge in [0.05, 0.1) is 22.7 Å². The average Bonchev–Trinajstić information content (AvgIpc) is 2.83. The lowest BCUT2D eigenvalue weighted by atomic mass is 10.1. The molecule has 2 aromatic carbocycles. The molecule has 0 atom stereocenters. The Balaban J connectivity index is 2.15. The van der Waals surface area contributed by atoms with E-state index in [9.17, 15) is 0 Å². The van der Waals surface area contributed by atoms with Gasteiger partial charge in [-0.1, -0.05) is 15.9 Å². The molecule has 0 unspecified atom stereocenters. The Morgan fingerprint density at radius 1 is 1.21 bits per heavy atom. The number of rotatable bonds is 1. The van der Waals surface area contributed by atoms with Gasteiger partial charge in [0.2, 0.25) is 0 Å². The molecule has 0 aliphatic carbocycles. The number of nitrogens with one attached hydrogen (secondary N) is 1. The van der Waals surface area contributed by atoms with E-state index in [2.05, 4.69) is 32.0 Å². The minimum absolute atomic E-state index is 0.652. The molecule has 3 aromatic rings. The second-order valence-electron chi connectivity index (χ2n) is 4.39. The molecule has 0 spiro atoms. The predicted octanol–water partition coefficient (Wildman–Crippen LogP) is 4.17. The highest BCUT2D eigenvalue weighted by atomic mass is 79.9. The van der Waals surface area contributed by atoms with E-state index >= 15 is 0 Å². The average molecular weight is 312 g/mol. The fraction of sp³-hybridized carbons (Fsp3) is 0.0667. The molecule has 1 aromatic heterocycles. The van der Waals surface area contributed by atoms with Crippen LogP contribution in [0.5, 0.6) is 0 Å². The molecule has 0 saturated carbocycles. The molecule has 0 bridgehead atoms. The van der Waals surface area contributed by atoms with Gasteiger partial charge < -0.3 is 4.98 Å². The van der Waals surface area contributed by atoms with Crippen LogP contribution in [0.4, 0.5) is 0 Å². The van der Waals surface area contributed by atoms with Crippen LogP contribution in [0.3, 0.4) is 0 Å². The van der Waals surface area contributed by atoms with Crippen LogP contribution in [0, 0.1) is 18.3 Å². The van der Waals surface area contributed by atoms with E-state index in [1.807, 2.05) is 31.2 Å². The van der Waals surface area contributed by atoms with Crippen molar-refractivity contribution in [1.82, 2.24) is 9.97 Å². The summed E-state index contributed by atoms with van der Waals surface area (Å²) in [5.74, 6) is 0.820. The van der Waals surface area contributed by atoms with E-state index in [4.69, 9.17) is 5.26 Å². The van der Waals surface area contributed by atoms with Crippen molar-refractivity contribution >= 4 is 27.0 Å². The van der Waals surface area contributed by atoms with Gasteiger partial charge in [-0.2, -0.15) is 5.26 Å². The molecule has 92 valence electrons. The molecular weight excluding hydrogens is 302 g/mol. The number of nitriles is 1. The second-order valence-corrected chi connectivity index (χ2v) is 5.31. The fourth-order valence-electron chi connectivity index (χ4n) is 2.09. The summed E-state index contributed by atoms with van der Waals surface area (Å²) < 4.78 is 1.03. The summed E-state index contributed by atoms with van der Waals surface area (Å²) in [5.41, 5.74) is 4.74. The van der Waals surface area contributed by atoms with E-state index in [1.165, 1.54) is 0 Å². The van der Waals surface area contributed by atoms with Gasteiger partial charge in [0.15, 0.2) is 0 Å². The highest BCUT2D eigenvalue weighted by Crippen LogP contribution is 2.26. The normalized spacial score (nSPS) is 10.6. The molecule has 0 aliphatic heterocycles. The van der Waals surface area contributed by atoms with Crippen LogP contribution in [-0.2, 0) is 0 Å². The van der Waals surface area contributed by atoms with Crippen LogP contribution >= 0.6 is 15.9 Å². The summed E-state index contributed by atoms with van der Waals surface area (Å²) in [4.78, 5) is 7.93. The number of halogens is 1. The zero-order chi connectivity index (χ0) is 13.4. The summed E-state index contributed by atoms with van der Waals surface area (Å²) >= 11 is 3.48. The fourth-order valence-corrected chi connectivity index (χ4v) is 2.66. The van der Waals surface area contributed by atoms with Crippen molar-refractivity contribution in [3.8, 4) is 17.5 Å². The molecule has 0 saturated heterocycles. The largest absolute Gasteiger partial charge is 0.338 e. The highest BCUT2D eigenvalue weighted by Gasteiger charge is 2.08. The molecule has 0 aliphatic rings. The molecule has 4 heteroatoms. The number of H-pyrrole nitrogens is 1. The third-order valence-electron chi connectivity index (χ3n) is 3.03. The van der Waals surface area contributed by atoms with Crippen molar-refractivity contribution in [1.29, 1.82) is 5.26 Å². The molecule has 19 heavy (non-hydrogen) atoms. The lowest BCUT2D eigenvalue weighted by molar-refractivity contribution is 1.33. The molecule has 1 heterocycles. The highest BCUT2D eigenvalue weighted by molar-refractivity contribution is 9.10. The quantitative estimate of drug-likeness (QED) is 0.733. The Hall–Kier alpha value is -2.12. The van der Waals surface area contributed by atoms with E-state index in [-0.39, 0.29) is 0 Å². The van der Waals surface area contributed by atoms with Crippen molar-refractivity contribution in [3.05, 3.63) is 52.0 Å². The zero-order valence-electron chi connectivity index (χ0n) is 10.2. The van der Waals surface area contributed by atoms with Gasteiger partial charge in [-0.05, 0) is 48.9 Å². The van der Waals surface area contributed by atoms with Crippen LogP contribution in [0.25, 0.3) is 22.4 Å². The van der Waals surface area contributed by atoms with Gasteiger partial charge in [0.1, 0.15) is 5.82 Å². The third kappa shape index (κ3) is 2.13. The summed E-state index contributed by atoms with van der Waals surface area (Å²) in [5, 5.41) is 8.80. The lowest BCUT2D eigenvalue weighted by Crippen LogP contribution is -1.81. The Kier molecular flexibility index (Phi) is 2.84. The number of hydrogen-bond acceptors (Lipinski definition) is 2. The Bertz CT molecular complexity index is 795. The number of aryl methyl sites for hydroxylation is 1. The molecule has 3 nitrogen and oxygen atoms in total. The number of aromatic nitrogens is 2. The van der Waals surface area contributed by atoms with Crippen molar-refractivity contribution in [2.75, 3.05) is 0 Å². The van der Waals surface area contributed by atoms with Gasteiger partial charge >= 0.3 is 0 Å². The standard InChI is InChI=1S/C15H10BrN3/c1-9-6-12(16)7-13-14(9)19-15(18-13)11-4-2-10(8-17)3-5-11/h2-7H,1H3,(H,18,19). The van der Waals surface area contributed by atoms with Crippen molar-refractivity contribution in [3.63, 3.8) is 0 Å². The molecule has 0 amide bonds. The number of benzene rings is 2. The van der Waals surface area contributed by atoms with Crippen LogP contribution in [0.2, 0.25) is 0 Å². The Labute approximate surface area is 119 Å². The first kappa shape index (κ1) is 11.9. The summed E-state index contributed by atoms with van der Waals surface area (Å²) in [6.07, 6.45) is 0. The molecule has 1 N–H and O–H groups in total. The maximum atomic E-state index is 8.80. The second kappa shape index (κ2) is 4.52. The van der Waals surface area contributed by atoms with E-state index in [1.54, 1.807) is 12.1 Å². The maximum absolute atomic E-state index is 8.80. The number of aromatic amines is 1. The first-order valence-corrected chi connectivity index (χ1v) is 6.63. The summed E-state index contributed by atoms with van der Waals surface area (Å²) in [7, 11) is 0. The monoisotopic (exact) mass is 311 g/mol.